The number of nitrogens with one attached hydrogen (secondary N) is 1. The van der Waals surface area contributed by atoms with Gasteiger partial charge in [0.2, 0.25) is 11.7 Å². The molecule has 4 rings (SSSR count). The van der Waals surface area contributed by atoms with Crippen molar-refractivity contribution in [1.82, 2.24) is 35.0 Å². The molecule has 0 aliphatic rings. The van der Waals surface area contributed by atoms with Crippen molar-refractivity contribution in [2.75, 3.05) is 11.1 Å². The molecule has 0 aliphatic heterocycles. The molecule has 2 aromatic heterocycles. The Balaban J connectivity index is 1.22. The first kappa shape index (κ1) is 21.7. The third kappa shape index (κ3) is 5.79. The van der Waals surface area contributed by atoms with E-state index in [0.717, 1.165) is 53.7 Å². The highest BCUT2D eigenvalue weighted by molar-refractivity contribution is 7.99. The predicted molar refractivity (Wildman–Crippen MR) is 123 cm³/mol. The molecule has 9 nitrogen and oxygen atoms in total. The van der Waals surface area contributed by atoms with Crippen molar-refractivity contribution in [1.29, 1.82) is 0 Å². The second-order valence-electron chi connectivity index (χ2n) is 7.20. The van der Waals surface area contributed by atoms with E-state index >= 15 is 0 Å². The number of nitrogens with zero attached hydrogens (tertiary/aromatic N) is 7. The summed E-state index contributed by atoms with van der Waals surface area (Å²) in [5.74, 6) is 1.49. The number of benzene rings is 2. The van der Waals surface area contributed by atoms with E-state index in [9.17, 15) is 4.79 Å². The number of thioether (sulfide) groups is 1. The van der Waals surface area contributed by atoms with Crippen LogP contribution in [0.1, 0.15) is 26.2 Å². The zero-order valence-electron chi connectivity index (χ0n) is 17.8. The van der Waals surface area contributed by atoms with Gasteiger partial charge in [-0.1, -0.05) is 54.6 Å². The number of carbonyl (C=O) groups is 1. The van der Waals surface area contributed by atoms with E-state index < -0.39 is 0 Å². The zero-order chi connectivity index (χ0) is 22.2. The number of carbonyl (C=O) groups excluding carboxylic acids is 1. The van der Waals surface area contributed by atoms with Crippen molar-refractivity contribution in [2.24, 2.45) is 0 Å². The molecule has 0 fully saturated rings. The van der Waals surface area contributed by atoms with Crippen molar-refractivity contribution < 1.29 is 4.79 Å². The molecule has 0 saturated carbocycles. The molecule has 32 heavy (non-hydrogen) atoms. The fraction of sp³-hybridized carbons (Fsp3) is 0.273. The minimum atomic E-state index is -0.0992. The van der Waals surface area contributed by atoms with Gasteiger partial charge in [-0.25, -0.2) is 0 Å². The largest absolute Gasteiger partial charge is 0.326 e. The third-order valence-corrected chi connectivity index (χ3v) is 5.71. The van der Waals surface area contributed by atoms with E-state index in [2.05, 4.69) is 30.9 Å². The van der Waals surface area contributed by atoms with E-state index in [1.807, 2.05) is 59.2 Å². The molecule has 2 heterocycles. The first-order valence-corrected chi connectivity index (χ1v) is 11.4. The van der Waals surface area contributed by atoms with Crippen LogP contribution in [0.5, 0.6) is 0 Å². The molecule has 2 aromatic carbocycles. The summed E-state index contributed by atoms with van der Waals surface area (Å²) >= 11 is 1.67. The number of amides is 1. The Labute approximate surface area is 190 Å². The molecule has 0 unspecified atom stereocenters. The molecule has 1 amide bonds. The summed E-state index contributed by atoms with van der Waals surface area (Å²) in [6.07, 6.45) is 4.78. The average molecular weight is 449 g/mol. The quantitative estimate of drug-likeness (QED) is 0.290. The van der Waals surface area contributed by atoms with Crippen LogP contribution in [-0.4, -0.2) is 46.6 Å². The monoisotopic (exact) mass is 448 g/mol. The maximum atomic E-state index is 11.3. The standard InChI is InChI=1S/C22H24N8OS/c1-17(31)24-19-11-8-12-20(15-19)29-16-23-26-22(29)32-14-7-3-6-13-30-27-21(25-28-30)18-9-4-2-5-10-18/h2,4-5,8-12,15-16H,3,6-7,13-14H2,1H3,(H,24,31). The number of hydrogen-bond donors (Lipinski definition) is 1. The first-order valence-electron chi connectivity index (χ1n) is 10.4. The van der Waals surface area contributed by atoms with Crippen LogP contribution >= 0.6 is 11.8 Å². The first-order chi connectivity index (χ1) is 15.7. The Hall–Kier alpha value is -3.53. The van der Waals surface area contributed by atoms with Crippen molar-refractivity contribution in [3.63, 3.8) is 0 Å². The fourth-order valence-electron chi connectivity index (χ4n) is 3.17. The number of aryl methyl sites for hydroxylation is 1. The third-order valence-electron chi connectivity index (χ3n) is 4.68. The van der Waals surface area contributed by atoms with Crippen LogP contribution in [0, 0.1) is 0 Å². The maximum Gasteiger partial charge on any atom is 0.221 e. The lowest BCUT2D eigenvalue weighted by Crippen LogP contribution is -2.06. The molecule has 1 N–H and O–H groups in total. The molecule has 0 bridgehead atoms. The van der Waals surface area contributed by atoms with Gasteiger partial charge in [-0.2, -0.15) is 4.80 Å². The van der Waals surface area contributed by atoms with Gasteiger partial charge in [-0.3, -0.25) is 9.36 Å². The molecular formula is C22H24N8OS. The number of rotatable bonds is 10. The molecule has 4 aromatic rings. The van der Waals surface area contributed by atoms with Crippen LogP contribution in [0.3, 0.4) is 0 Å². The number of aromatic nitrogens is 7. The Bertz CT molecular complexity index is 1160. The smallest absolute Gasteiger partial charge is 0.221 e. The molecule has 0 saturated heterocycles. The highest BCUT2D eigenvalue weighted by atomic mass is 32.2. The summed E-state index contributed by atoms with van der Waals surface area (Å²) < 4.78 is 1.93. The number of unbranched alkanes of at least 4 members (excludes halogenated alkanes) is 2. The van der Waals surface area contributed by atoms with Gasteiger partial charge in [0.15, 0.2) is 5.16 Å². The number of hydrogen-bond acceptors (Lipinski definition) is 7. The van der Waals surface area contributed by atoms with Crippen LogP contribution in [-0.2, 0) is 11.3 Å². The van der Waals surface area contributed by atoms with Crippen LogP contribution in [0.2, 0.25) is 0 Å². The van der Waals surface area contributed by atoms with Gasteiger partial charge < -0.3 is 5.32 Å². The summed E-state index contributed by atoms with van der Waals surface area (Å²) in [7, 11) is 0. The lowest BCUT2D eigenvalue weighted by atomic mass is 10.2. The van der Waals surface area contributed by atoms with Gasteiger partial charge in [-0.05, 0) is 36.3 Å². The second kappa shape index (κ2) is 10.7. The topological polar surface area (TPSA) is 103 Å². The molecule has 0 spiro atoms. The SMILES string of the molecule is CC(=O)Nc1cccc(-n2cnnc2SCCCCCn2nnc(-c3ccccc3)n2)c1. The van der Waals surface area contributed by atoms with E-state index in [-0.39, 0.29) is 5.91 Å². The van der Waals surface area contributed by atoms with E-state index in [0.29, 0.717) is 5.82 Å². The molecule has 0 aliphatic carbocycles. The molecule has 10 heteroatoms. The summed E-state index contributed by atoms with van der Waals surface area (Å²) in [6, 6.07) is 17.5. The van der Waals surface area contributed by atoms with E-state index in [4.69, 9.17) is 0 Å². The zero-order valence-corrected chi connectivity index (χ0v) is 18.6. The van der Waals surface area contributed by atoms with Gasteiger partial charge in [0.1, 0.15) is 6.33 Å². The van der Waals surface area contributed by atoms with Crippen LogP contribution in [0.15, 0.2) is 66.1 Å². The minimum absolute atomic E-state index is 0.0992. The van der Waals surface area contributed by atoms with Crippen molar-refractivity contribution >= 4 is 23.4 Å². The normalized spacial score (nSPS) is 10.9. The van der Waals surface area contributed by atoms with Crippen molar-refractivity contribution in [3.05, 3.63) is 60.9 Å². The predicted octanol–water partition coefficient (Wildman–Crippen LogP) is 3.84. The van der Waals surface area contributed by atoms with Gasteiger partial charge in [-0.15, -0.1) is 20.4 Å². The summed E-state index contributed by atoms with van der Waals surface area (Å²) in [5, 5.41) is 24.6. The highest BCUT2D eigenvalue weighted by Gasteiger charge is 2.09. The summed E-state index contributed by atoms with van der Waals surface area (Å²) in [6.45, 7) is 2.24. The molecule has 0 atom stereocenters. The lowest BCUT2D eigenvalue weighted by Gasteiger charge is -2.08. The van der Waals surface area contributed by atoms with Gasteiger partial charge in [0, 0.05) is 23.9 Å². The Morgan fingerprint density at radius 1 is 1.03 bits per heavy atom. The van der Waals surface area contributed by atoms with Crippen molar-refractivity contribution in [2.45, 2.75) is 37.9 Å². The van der Waals surface area contributed by atoms with Gasteiger partial charge >= 0.3 is 0 Å². The second-order valence-corrected chi connectivity index (χ2v) is 8.26. The van der Waals surface area contributed by atoms with E-state index in [1.165, 1.54) is 6.92 Å². The van der Waals surface area contributed by atoms with Crippen LogP contribution in [0.4, 0.5) is 5.69 Å². The minimum Gasteiger partial charge on any atom is -0.326 e. The van der Waals surface area contributed by atoms with E-state index in [1.54, 1.807) is 22.9 Å². The average Bonchev–Trinajstić information content (AvgIpc) is 3.46. The summed E-state index contributed by atoms with van der Waals surface area (Å²) in [5.41, 5.74) is 2.63. The Morgan fingerprint density at radius 3 is 2.75 bits per heavy atom. The van der Waals surface area contributed by atoms with Crippen molar-refractivity contribution in [3.8, 4) is 17.1 Å². The number of anilines is 1. The molecular weight excluding hydrogens is 424 g/mol. The molecule has 0 radical (unpaired) electrons. The molecule has 164 valence electrons. The highest BCUT2D eigenvalue weighted by Crippen LogP contribution is 2.23. The maximum absolute atomic E-state index is 11.3. The Morgan fingerprint density at radius 2 is 1.91 bits per heavy atom. The van der Waals surface area contributed by atoms with Gasteiger partial charge in [0.05, 0.1) is 12.2 Å². The van der Waals surface area contributed by atoms with Crippen LogP contribution in [0.25, 0.3) is 17.1 Å². The van der Waals surface area contributed by atoms with Crippen LogP contribution < -0.4 is 5.32 Å². The summed E-state index contributed by atoms with van der Waals surface area (Å²) in [4.78, 5) is 13.0. The fourth-order valence-corrected chi connectivity index (χ4v) is 4.10. The Kier molecular flexibility index (Phi) is 7.23. The van der Waals surface area contributed by atoms with Gasteiger partial charge in [0.25, 0.3) is 0 Å². The number of tetrazole rings is 1. The lowest BCUT2D eigenvalue weighted by molar-refractivity contribution is -0.114.